The van der Waals surface area contributed by atoms with E-state index in [1.165, 1.54) is 17.0 Å². The third kappa shape index (κ3) is 5.04. The average molecular weight is 458 g/mol. The second-order valence-corrected chi connectivity index (χ2v) is 7.54. The first kappa shape index (κ1) is 22.9. The minimum Gasteiger partial charge on any atom is -0.483 e. The number of benzene rings is 3. The molecule has 0 radical (unpaired) electrons. The monoisotopic (exact) mass is 458 g/mol. The van der Waals surface area contributed by atoms with E-state index in [1.54, 1.807) is 50.4 Å². The maximum Gasteiger partial charge on any atom is 0.338 e. The summed E-state index contributed by atoms with van der Waals surface area (Å²) in [6.07, 6.45) is 0. The maximum atomic E-state index is 13.4. The molecule has 4 rings (SSSR count). The molecule has 0 bridgehead atoms. The fraction of sp³-hybridized carbons (Fsp3) is 0.148. The van der Waals surface area contributed by atoms with Crippen molar-refractivity contribution in [3.63, 3.8) is 0 Å². The van der Waals surface area contributed by atoms with Crippen molar-refractivity contribution in [2.24, 2.45) is 0 Å². The average Bonchev–Trinajstić information content (AvgIpc) is 2.87. The van der Waals surface area contributed by atoms with E-state index in [1.807, 2.05) is 30.3 Å². The van der Waals surface area contributed by atoms with Crippen molar-refractivity contribution in [3.8, 4) is 17.0 Å². The minimum atomic E-state index is -0.460. The summed E-state index contributed by atoms with van der Waals surface area (Å²) in [5, 5.41) is 0.562. The molecule has 0 aliphatic heterocycles. The van der Waals surface area contributed by atoms with Crippen LogP contribution in [0.4, 0.5) is 10.1 Å². The summed E-state index contributed by atoms with van der Waals surface area (Å²) in [5.74, 6) is -0.682. The van der Waals surface area contributed by atoms with E-state index in [0.29, 0.717) is 33.5 Å². The van der Waals surface area contributed by atoms with Gasteiger partial charge in [0.25, 0.3) is 5.91 Å². The van der Waals surface area contributed by atoms with Gasteiger partial charge in [-0.3, -0.25) is 4.79 Å². The van der Waals surface area contributed by atoms with Crippen molar-refractivity contribution in [2.75, 3.05) is 25.2 Å². The number of ether oxygens (including phenoxy) is 2. The predicted molar refractivity (Wildman–Crippen MR) is 128 cm³/mol. The van der Waals surface area contributed by atoms with Gasteiger partial charge in [0.2, 0.25) is 0 Å². The number of halogens is 1. The zero-order valence-electron chi connectivity index (χ0n) is 18.8. The summed E-state index contributed by atoms with van der Waals surface area (Å²) in [5.41, 5.74) is 2.90. The number of carbonyl (C=O) groups is 2. The lowest BCUT2D eigenvalue weighted by molar-refractivity contribution is -0.120. The Labute approximate surface area is 196 Å². The normalized spacial score (nSPS) is 10.7. The van der Waals surface area contributed by atoms with Crippen molar-refractivity contribution in [2.45, 2.75) is 6.92 Å². The highest BCUT2D eigenvalue weighted by atomic mass is 19.1. The molecular formula is C27H23FN2O4. The predicted octanol–water partition coefficient (Wildman–Crippen LogP) is 5.26. The van der Waals surface area contributed by atoms with Crippen LogP contribution in [-0.4, -0.2) is 37.1 Å². The smallest absolute Gasteiger partial charge is 0.338 e. The number of pyridine rings is 1. The van der Waals surface area contributed by atoms with Gasteiger partial charge in [-0.05, 0) is 61.5 Å². The Morgan fingerprint density at radius 1 is 0.971 bits per heavy atom. The lowest BCUT2D eigenvalue weighted by atomic mass is 10.1. The molecule has 0 atom stereocenters. The number of esters is 1. The number of likely N-dealkylation sites (N-methyl/N-ethyl adjacent to an activating group) is 1. The third-order valence-electron chi connectivity index (χ3n) is 5.29. The summed E-state index contributed by atoms with van der Waals surface area (Å²) in [6, 6.07) is 21.8. The Balaban J connectivity index is 1.70. The molecule has 0 spiro atoms. The van der Waals surface area contributed by atoms with Crippen molar-refractivity contribution in [1.82, 2.24) is 4.98 Å². The quantitative estimate of drug-likeness (QED) is 0.354. The van der Waals surface area contributed by atoms with E-state index in [-0.39, 0.29) is 24.9 Å². The summed E-state index contributed by atoms with van der Waals surface area (Å²) in [6.45, 7) is 1.76. The molecule has 6 nitrogen and oxygen atoms in total. The van der Waals surface area contributed by atoms with Crippen LogP contribution >= 0.6 is 0 Å². The van der Waals surface area contributed by atoms with Gasteiger partial charge in [-0.2, -0.15) is 0 Å². The Bertz CT molecular complexity index is 1320. The lowest BCUT2D eigenvalue weighted by Crippen LogP contribution is -2.31. The first-order valence-corrected chi connectivity index (χ1v) is 10.8. The summed E-state index contributed by atoms with van der Waals surface area (Å²) < 4.78 is 24.5. The number of para-hydroxylation sites is 1. The van der Waals surface area contributed by atoms with Crippen LogP contribution in [0.2, 0.25) is 0 Å². The fourth-order valence-corrected chi connectivity index (χ4v) is 3.46. The number of fused-ring (bicyclic) bond motifs is 1. The molecule has 0 fully saturated rings. The van der Waals surface area contributed by atoms with Crippen LogP contribution in [0.15, 0.2) is 78.9 Å². The highest BCUT2D eigenvalue weighted by molar-refractivity contribution is 5.98. The van der Waals surface area contributed by atoms with Gasteiger partial charge in [0.15, 0.2) is 6.61 Å². The molecule has 0 saturated heterocycles. The molecule has 7 heteroatoms. The molecule has 1 heterocycles. The van der Waals surface area contributed by atoms with Gasteiger partial charge in [0, 0.05) is 29.8 Å². The Hall–Kier alpha value is -4.26. The van der Waals surface area contributed by atoms with Gasteiger partial charge >= 0.3 is 5.97 Å². The van der Waals surface area contributed by atoms with Gasteiger partial charge in [-0.15, -0.1) is 0 Å². The van der Waals surface area contributed by atoms with Crippen LogP contribution in [0.25, 0.3) is 22.2 Å². The Morgan fingerprint density at radius 3 is 2.41 bits per heavy atom. The molecule has 0 saturated carbocycles. The fourth-order valence-electron chi connectivity index (χ4n) is 3.46. The first-order chi connectivity index (χ1) is 16.5. The van der Waals surface area contributed by atoms with Crippen molar-refractivity contribution in [1.29, 1.82) is 0 Å². The standard InChI is InChI=1S/C27H23FN2O4/c1-3-33-27(32)19-11-14-23-22(15-19)25(16-24(29-23)18-9-12-20(28)13-10-18)34-17-26(31)30(2)21-7-5-4-6-8-21/h4-16H,3,17H2,1-2H3. The number of hydrogen-bond donors (Lipinski definition) is 0. The minimum absolute atomic E-state index is 0.225. The number of carbonyl (C=O) groups excluding carboxylic acids is 2. The second kappa shape index (κ2) is 10.1. The van der Waals surface area contributed by atoms with E-state index >= 15 is 0 Å². The van der Waals surface area contributed by atoms with Crippen LogP contribution in [0, 0.1) is 5.82 Å². The topological polar surface area (TPSA) is 68.7 Å². The molecular weight excluding hydrogens is 435 g/mol. The lowest BCUT2D eigenvalue weighted by Gasteiger charge is -2.18. The molecule has 1 aromatic heterocycles. The Morgan fingerprint density at radius 2 is 1.71 bits per heavy atom. The maximum absolute atomic E-state index is 13.4. The first-order valence-electron chi connectivity index (χ1n) is 10.8. The zero-order valence-corrected chi connectivity index (χ0v) is 18.8. The van der Waals surface area contributed by atoms with E-state index in [4.69, 9.17) is 9.47 Å². The van der Waals surface area contributed by atoms with Gasteiger partial charge in [-0.1, -0.05) is 18.2 Å². The number of anilines is 1. The highest BCUT2D eigenvalue weighted by Gasteiger charge is 2.16. The molecule has 172 valence electrons. The number of nitrogens with zero attached hydrogens (tertiary/aromatic N) is 2. The van der Waals surface area contributed by atoms with Gasteiger partial charge in [0.05, 0.1) is 23.4 Å². The summed E-state index contributed by atoms with van der Waals surface area (Å²) in [4.78, 5) is 31.2. The Kier molecular flexibility index (Phi) is 6.82. The van der Waals surface area contributed by atoms with Gasteiger partial charge < -0.3 is 14.4 Å². The highest BCUT2D eigenvalue weighted by Crippen LogP contribution is 2.31. The largest absolute Gasteiger partial charge is 0.483 e. The van der Waals surface area contributed by atoms with E-state index in [9.17, 15) is 14.0 Å². The summed E-state index contributed by atoms with van der Waals surface area (Å²) in [7, 11) is 1.68. The van der Waals surface area contributed by atoms with Crippen LogP contribution < -0.4 is 9.64 Å². The molecule has 3 aromatic carbocycles. The molecule has 0 aliphatic rings. The number of hydrogen-bond acceptors (Lipinski definition) is 5. The molecule has 0 aliphatic carbocycles. The summed E-state index contributed by atoms with van der Waals surface area (Å²) >= 11 is 0. The SMILES string of the molecule is CCOC(=O)c1ccc2nc(-c3ccc(F)cc3)cc(OCC(=O)N(C)c3ccccc3)c2c1. The number of amides is 1. The van der Waals surface area contributed by atoms with Crippen molar-refractivity contribution in [3.05, 3.63) is 90.2 Å². The van der Waals surface area contributed by atoms with Crippen LogP contribution in [0.1, 0.15) is 17.3 Å². The third-order valence-corrected chi connectivity index (χ3v) is 5.29. The molecule has 4 aromatic rings. The van der Waals surface area contributed by atoms with E-state index < -0.39 is 5.97 Å². The van der Waals surface area contributed by atoms with Crippen LogP contribution in [-0.2, 0) is 9.53 Å². The number of aromatic nitrogens is 1. The molecule has 34 heavy (non-hydrogen) atoms. The van der Waals surface area contributed by atoms with Gasteiger partial charge in [0.1, 0.15) is 11.6 Å². The van der Waals surface area contributed by atoms with E-state index in [0.717, 1.165) is 5.69 Å². The molecule has 0 unspecified atom stereocenters. The van der Waals surface area contributed by atoms with Crippen LogP contribution in [0.5, 0.6) is 5.75 Å². The number of rotatable bonds is 7. The molecule has 1 amide bonds. The van der Waals surface area contributed by atoms with E-state index in [2.05, 4.69) is 4.98 Å². The van der Waals surface area contributed by atoms with Gasteiger partial charge in [-0.25, -0.2) is 14.2 Å². The van der Waals surface area contributed by atoms with Crippen LogP contribution in [0.3, 0.4) is 0 Å². The zero-order chi connectivity index (χ0) is 24.1. The van der Waals surface area contributed by atoms with Crippen molar-refractivity contribution >= 4 is 28.5 Å². The van der Waals surface area contributed by atoms with Crippen molar-refractivity contribution < 1.29 is 23.5 Å². The molecule has 0 N–H and O–H groups in total. The second-order valence-electron chi connectivity index (χ2n) is 7.54.